The van der Waals surface area contributed by atoms with Crippen LogP contribution in [-0.4, -0.2) is 50.2 Å². The molecule has 0 aliphatic carbocycles. The third kappa shape index (κ3) is 6.89. The maximum atomic E-state index is 12.2. The molecule has 0 spiro atoms. The van der Waals surface area contributed by atoms with Crippen LogP contribution in [0.4, 0.5) is 0 Å². The van der Waals surface area contributed by atoms with Crippen LogP contribution in [0.25, 0.3) is 0 Å². The van der Waals surface area contributed by atoms with Crippen LogP contribution in [0.15, 0.2) is 54.6 Å². The van der Waals surface area contributed by atoms with Crippen LogP contribution >= 0.6 is 0 Å². The van der Waals surface area contributed by atoms with E-state index in [0.717, 1.165) is 12.8 Å². The molecule has 1 aliphatic rings. The highest BCUT2D eigenvalue weighted by Gasteiger charge is 2.17. The number of benzene rings is 2. The number of amides is 2. The molecular weight excluding hydrogens is 388 g/mol. The van der Waals surface area contributed by atoms with Gasteiger partial charge in [0.2, 0.25) is 0 Å². The van der Waals surface area contributed by atoms with Gasteiger partial charge in [0.05, 0.1) is 6.10 Å². The number of carbonyl (C=O) groups is 3. The Morgan fingerprint density at radius 1 is 0.967 bits per heavy atom. The Bertz CT molecular complexity index is 848. The summed E-state index contributed by atoms with van der Waals surface area (Å²) >= 11 is 0. The summed E-state index contributed by atoms with van der Waals surface area (Å²) in [7, 11) is 0. The zero-order chi connectivity index (χ0) is 21.2. The van der Waals surface area contributed by atoms with E-state index >= 15 is 0 Å². The van der Waals surface area contributed by atoms with Crippen molar-refractivity contribution in [1.29, 1.82) is 0 Å². The third-order valence-corrected chi connectivity index (χ3v) is 4.40. The molecule has 1 aliphatic heterocycles. The maximum Gasteiger partial charge on any atom is 0.325 e. The molecule has 30 heavy (non-hydrogen) atoms. The molecule has 0 aromatic heterocycles. The Labute approximate surface area is 174 Å². The second kappa shape index (κ2) is 11.0. The second-order valence-electron chi connectivity index (χ2n) is 6.72. The predicted octanol–water partition coefficient (Wildman–Crippen LogP) is 2.05. The first-order valence-electron chi connectivity index (χ1n) is 9.75. The van der Waals surface area contributed by atoms with E-state index in [2.05, 4.69) is 10.6 Å². The molecule has 1 unspecified atom stereocenters. The normalized spacial score (nSPS) is 15.3. The average Bonchev–Trinajstić information content (AvgIpc) is 3.29. The summed E-state index contributed by atoms with van der Waals surface area (Å²) in [6, 6.07) is 15.8. The van der Waals surface area contributed by atoms with Crippen molar-refractivity contribution in [2.45, 2.75) is 18.9 Å². The molecule has 0 bridgehead atoms. The van der Waals surface area contributed by atoms with Crippen molar-refractivity contribution >= 4 is 17.8 Å². The van der Waals surface area contributed by atoms with Crippen molar-refractivity contribution in [3.8, 4) is 11.5 Å². The van der Waals surface area contributed by atoms with Crippen LogP contribution in [0.3, 0.4) is 0 Å². The summed E-state index contributed by atoms with van der Waals surface area (Å²) in [5.74, 6) is -0.247. The molecule has 0 radical (unpaired) electrons. The standard InChI is InChI=1S/C22H24N2O6/c25-20(23-13-19-7-4-12-28-19)15-29-21(26)14-24-22(27)16-8-10-18(11-9-16)30-17-5-2-1-3-6-17/h1-3,5-6,8-11,19H,4,7,12-15H2,(H,23,25)(H,24,27). The van der Waals surface area contributed by atoms with Gasteiger partial charge in [-0.1, -0.05) is 18.2 Å². The SMILES string of the molecule is O=C(COC(=O)CNC(=O)c1ccc(Oc2ccccc2)cc1)NCC1CCCO1. The van der Waals surface area contributed by atoms with E-state index in [9.17, 15) is 14.4 Å². The zero-order valence-electron chi connectivity index (χ0n) is 16.5. The minimum atomic E-state index is -0.695. The minimum Gasteiger partial charge on any atom is -0.457 e. The molecule has 8 heteroatoms. The van der Waals surface area contributed by atoms with Crippen molar-refractivity contribution in [3.05, 3.63) is 60.2 Å². The van der Waals surface area contributed by atoms with E-state index in [1.165, 1.54) is 0 Å². The van der Waals surface area contributed by atoms with Gasteiger partial charge in [0.1, 0.15) is 18.0 Å². The lowest BCUT2D eigenvalue weighted by molar-refractivity contribution is -0.147. The summed E-state index contributed by atoms with van der Waals surface area (Å²) in [4.78, 5) is 35.6. The summed E-state index contributed by atoms with van der Waals surface area (Å²) in [6.07, 6.45) is 1.91. The summed E-state index contributed by atoms with van der Waals surface area (Å²) in [5, 5.41) is 5.12. The molecule has 158 valence electrons. The molecule has 1 saturated heterocycles. The van der Waals surface area contributed by atoms with Crippen LogP contribution in [0, 0.1) is 0 Å². The minimum absolute atomic E-state index is 0.0217. The zero-order valence-corrected chi connectivity index (χ0v) is 16.5. The Kier molecular flexibility index (Phi) is 7.79. The van der Waals surface area contributed by atoms with Gasteiger partial charge < -0.3 is 24.8 Å². The van der Waals surface area contributed by atoms with Crippen molar-refractivity contribution in [1.82, 2.24) is 10.6 Å². The molecule has 2 N–H and O–H groups in total. The lowest BCUT2D eigenvalue weighted by atomic mass is 10.2. The van der Waals surface area contributed by atoms with Gasteiger partial charge in [-0.3, -0.25) is 14.4 Å². The summed E-state index contributed by atoms with van der Waals surface area (Å²) in [5.41, 5.74) is 0.373. The van der Waals surface area contributed by atoms with E-state index in [1.54, 1.807) is 24.3 Å². The monoisotopic (exact) mass is 412 g/mol. The number of ether oxygens (including phenoxy) is 3. The summed E-state index contributed by atoms with van der Waals surface area (Å²) in [6.45, 7) is 0.377. The van der Waals surface area contributed by atoms with Crippen LogP contribution in [0.2, 0.25) is 0 Å². The highest BCUT2D eigenvalue weighted by atomic mass is 16.5. The topological polar surface area (TPSA) is 103 Å². The molecule has 8 nitrogen and oxygen atoms in total. The smallest absolute Gasteiger partial charge is 0.325 e. The largest absolute Gasteiger partial charge is 0.457 e. The highest BCUT2D eigenvalue weighted by molar-refractivity contribution is 5.96. The van der Waals surface area contributed by atoms with E-state index in [4.69, 9.17) is 14.2 Å². The van der Waals surface area contributed by atoms with Gasteiger partial charge in [-0.2, -0.15) is 0 Å². The molecule has 2 aromatic carbocycles. The molecule has 1 atom stereocenters. The number of rotatable bonds is 9. The Morgan fingerprint density at radius 2 is 1.70 bits per heavy atom. The number of carbonyl (C=O) groups excluding carboxylic acids is 3. The van der Waals surface area contributed by atoms with E-state index in [1.807, 2.05) is 30.3 Å². The fraction of sp³-hybridized carbons (Fsp3) is 0.318. The van der Waals surface area contributed by atoms with Gasteiger partial charge in [-0.25, -0.2) is 0 Å². The van der Waals surface area contributed by atoms with Gasteiger partial charge in [-0.15, -0.1) is 0 Å². The quantitative estimate of drug-likeness (QED) is 0.611. The fourth-order valence-corrected chi connectivity index (χ4v) is 2.83. The Morgan fingerprint density at radius 3 is 2.40 bits per heavy atom. The number of hydrogen-bond donors (Lipinski definition) is 2. The van der Waals surface area contributed by atoms with Crippen LogP contribution in [0.5, 0.6) is 11.5 Å². The number of para-hydroxylation sites is 1. The van der Waals surface area contributed by atoms with Gasteiger partial charge in [0.25, 0.3) is 11.8 Å². The average molecular weight is 412 g/mol. The molecule has 2 aromatic rings. The van der Waals surface area contributed by atoms with Crippen molar-refractivity contribution in [2.24, 2.45) is 0 Å². The first-order chi connectivity index (χ1) is 14.6. The highest BCUT2D eigenvalue weighted by Crippen LogP contribution is 2.21. The van der Waals surface area contributed by atoms with Crippen molar-refractivity contribution in [2.75, 3.05) is 26.3 Å². The molecule has 3 rings (SSSR count). The Balaban J connectivity index is 1.35. The molecule has 2 amide bonds. The van der Waals surface area contributed by atoms with Gasteiger partial charge >= 0.3 is 5.97 Å². The van der Waals surface area contributed by atoms with Crippen LogP contribution < -0.4 is 15.4 Å². The first kappa shape index (κ1) is 21.3. The molecule has 1 fully saturated rings. The summed E-state index contributed by atoms with van der Waals surface area (Å²) < 4.78 is 15.9. The van der Waals surface area contributed by atoms with Crippen LogP contribution in [-0.2, 0) is 19.1 Å². The Hall–Kier alpha value is -3.39. The molecule has 0 saturated carbocycles. The lowest BCUT2D eigenvalue weighted by Crippen LogP contribution is -2.36. The number of esters is 1. The third-order valence-electron chi connectivity index (χ3n) is 4.40. The van der Waals surface area contributed by atoms with E-state index in [-0.39, 0.29) is 12.6 Å². The predicted molar refractivity (Wildman–Crippen MR) is 108 cm³/mol. The second-order valence-corrected chi connectivity index (χ2v) is 6.72. The maximum absolute atomic E-state index is 12.2. The molecular formula is C22H24N2O6. The number of nitrogens with one attached hydrogen (secondary N) is 2. The van der Waals surface area contributed by atoms with Gasteiger partial charge in [0.15, 0.2) is 6.61 Å². The lowest BCUT2D eigenvalue weighted by Gasteiger charge is -2.11. The van der Waals surface area contributed by atoms with Crippen LogP contribution in [0.1, 0.15) is 23.2 Å². The van der Waals surface area contributed by atoms with Crippen molar-refractivity contribution in [3.63, 3.8) is 0 Å². The molecule has 1 heterocycles. The van der Waals surface area contributed by atoms with Gasteiger partial charge in [0, 0.05) is 18.7 Å². The number of hydrogen-bond acceptors (Lipinski definition) is 6. The van der Waals surface area contributed by atoms with Crippen molar-refractivity contribution < 1.29 is 28.6 Å². The fourth-order valence-electron chi connectivity index (χ4n) is 2.83. The first-order valence-corrected chi connectivity index (χ1v) is 9.75. The van der Waals surface area contributed by atoms with Gasteiger partial charge in [-0.05, 0) is 49.2 Å². The van der Waals surface area contributed by atoms with E-state index < -0.39 is 24.4 Å². The van der Waals surface area contributed by atoms with E-state index in [0.29, 0.717) is 30.2 Å².